The first-order chi connectivity index (χ1) is 9.29. The number of methoxy groups -OCH3 is 1. The van der Waals surface area contributed by atoms with Gasteiger partial charge in [-0.25, -0.2) is 9.37 Å². The van der Waals surface area contributed by atoms with Gasteiger partial charge in [-0.05, 0) is 33.3 Å². The Hall–Kier alpha value is -1.11. The molecule has 4 nitrogen and oxygen atoms in total. The maximum Gasteiger partial charge on any atom is 0.218 e. The lowest BCUT2D eigenvalue weighted by Gasteiger charge is -2.28. The Labute approximate surface area is 122 Å². The van der Waals surface area contributed by atoms with E-state index >= 15 is 0 Å². The quantitative estimate of drug-likeness (QED) is 0.648. The van der Waals surface area contributed by atoms with Gasteiger partial charge in [0.1, 0.15) is 10.6 Å². The number of rotatable bonds is 6. The van der Waals surface area contributed by atoms with Gasteiger partial charge in [0, 0.05) is 16.9 Å². The van der Waals surface area contributed by atoms with Crippen LogP contribution in [0, 0.1) is 5.82 Å². The van der Waals surface area contributed by atoms with Gasteiger partial charge < -0.3 is 9.29 Å². The van der Waals surface area contributed by atoms with E-state index < -0.39 is 21.9 Å². The van der Waals surface area contributed by atoms with Gasteiger partial charge in [0.05, 0.1) is 19.3 Å². The van der Waals surface area contributed by atoms with Crippen molar-refractivity contribution < 1.29 is 13.7 Å². The first kappa shape index (κ1) is 16.9. The third kappa shape index (κ3) is 4.47. The summed E-state index contributed by atoms with van der Waals surface area (Å²) in [6, 6.07) is 0.970. The van der Waals surface area contributed by atoms with Gasteiger partial charge in [-0.2, -0.15) is 0 Å². The Kier molecular flexibility index (Phi) is 5.98. The molecule has 0 aromatic carbocycles. The third-order valence-corrected chi connectivity index (χ3v) is 4.23. The van der Waals surface area contributed by atoms with Gasteiger partial charge in [0.25, 0.3) is 0 Å². The number of hydrogen-bond acceptors (Lipinski definition) is 4. The van der Waals surface area contributed by atoms with E-state index in [4.69, 9.17) is 4.74 Å². The number of hydrogen-bond donors (Lipinski definition) is 1. The molecule has 0 aliphatic rings. The Bertz CT molecular complexity index is 463. The topological polar surface area (TPSA) is 57.2 Å². The number of nitrogens with zero attached hydrogens (tertiary/aromatic N) is 1. The van der Waals surface area contributed by atoms with E-state index in [1.54, 1.807) is 6.08 Å². The van der Waals surface area contributed by atoms with Crippen LogP contribution in [0.4, 0.5) is 4.39 Å². The molecule has 0 fully saturated rings. The van der Waals surface area contributed by atoms with Crippen molar-refractivity contribution in [3.05, 3.63) is 36.3 Å². The lowest BCUT2D eigenvalue weighted by Crippen LogP contribution is -2.41. The zero-order chi connectivity index (χ0) is 15.3. The molecule has 0 aliphatic carbocycles. The van der Waals surface area contributed by atoms with Crippen LogP contribution in [0.5, 0.6) is 5.88 Å². The zero-order valence-electron chi connectivity index (χ0n) is 12.3. The molecule has 0 bridgehead atoms. The van der Waals surface area contributed by atoms with Crippen LogP contribution in [0.1, 0.15) is 38.8 Å². The molecule has 1 heterocycles. The molecule has 0 amide bonds. The highest BCUT2D eigenvalue weighted by atomic mass is 32.2. The zero-order valence-corrected chi connectivity index (χ0v) is 13.1. The lowest BCUT2D eigenvalue weighted by atomic mass is 10.1. The molecule has 6 heteroatoms. The molecule has 2 atom stereocenters. The molecular formula is C14H21FN2O2S. The fraction of sp³-hybridized carbons (Fsp3) is 0.500. The Morgan fingerprint density at radius 1 is 1.60 bits per heavy atom. The number of pyridine rings is 1. The number of ether oxygens (including phenoxy) is 1. The average molecular weight is 300 g/mol. The first-order valence-electron chi connectivity index (χ1n) is 6.28. The van der Waals surface area contributed by atoms with Crippen molar-refractivity contribution in [3.63, 3.8) is 0 Å². The maximum atomic E-state index is 13.4. The van der Waals surface area contributed by atoms with E-state index in [9.17, 15) is 8.94 Å². The molecule has 0 aliphatic heterocycles. The largest absolute Gasteiger partial charge is 0.598 e. The minimum atomic E-state index is -1.29. The summed E-state index contributed by atoms with van der Waals surface area (Å²) in [7, 11) is 1.47. The second-order valence-electron chi connectivity index (χ2n) is 5.33. The maximum absolute atomic E-state index is 13.4. The molecule has 112 valence electrons. The number of aromatic nitrogens is 1. The summed E-state index contributed by atoms with van der Waals surface area (Å²) < 4.78 is 33.3. The Morgan fingerprint density at radius 3 is 2.75 bits per heavy atom. The normalized spacial score (nSPS) is 14.7. The van der Waals surface area contributed by atoms with Crippen molar-refractivity contribution in [1.29, 1.82) is 0 Å². The molecule has 0 unspecified atom stereocenters. The molecular weight excluding hydrogens is 279 g/mol. The Balaban J connectivity index is 3.07. The predicted octanol–water partition coefficient (Wildman–Crippen LogP) is 2.90. The van der Waals surface area contributed by atoms with E-state index in [-0.39, 0.29) is 6.04 Å². The second-order valence-corrected chi connectivity index (χ2v) is 7.33. The van der Waals surface area contributed by atoms with E-state index in [2.05, 4.69) is 16.3 Å². The van der Waals surface area contributed by atoms with Gasteiger partial charge >= 0.3 is 0 Å². The van der Waals surface area contributed by atoms with Crippen molar-refractivity contribution in [2.45, 2.75) is 38.0 Å². The van der Waals surface area contributed by atoms with Crippen molar-refractivity contribution in [3.8, 4) is 5.88 Å². The molecule has 0 saturated heterocycles. The monoisotopic (exact) mass is 300 g/mol. The van der Waals surface area contributed by atoms with Crippen molar-refractivity contribution >= 4 is 11.4 Å². The molecule has 20 heavy (non-hydrogen) atoms. The third-order valence-electron chi connectivity index (χ3n) is 2.62. The van der Waals surface area contributed by atoms with Crippen LogP contribution in [0.25, 0.3) is 0 Å². The first-order valence-corrected chi connectivity index (χ1v) is 7.43. The number of halogens is 1. The lowest BCUT2D eigenvalue weighted by molar-refractivity contribution is 0.383. The summed E-state index contributed by atoms with van der Waals surface area (Å²) in [5.41, 5.74) is 0.532. The fourth-order valence-electron chi connectivity index (χ4n) is 1.57. The van der Waals surface area contributed by atoms with Crippen LogP contribution in [-0.4, -0.2) is 21.4 Å². The second kappa shape index (κ2) is 7.06. The van der Waals surface area contributed by atoms with Crippen molar-refractivity contribution in [2.24, 2.45) is 0 Å². The molecule has 0 radical (unpaired) electrons. The van der Waals surface area contributed by atoms with E-state index in [1.807, 2.05) is 20.8 Å². The SMILES string of the molecule is C=CC[C@@H](N[S@@+]([O-])C(C)(C)C)c1cc(F)cnc1OC. The average Bonchev–Trinajstić information content (AvgIpc) is 2.37. The van der Waals surface area contributed by atoms with Gasteiger partial charge in [-0.15, -0.1) is 11.3 Å². The summed E-state index contributed by atoms with van der Waals surface area (Å²) in [5, 5.41) is 0. The number of nitrogens with one attached hydrogen (secondary N) is 1. The van der Waals surface area contributed by atoms with Crippen LogP contribution in [0.15, 0.2) is 24.9 Å². The summed E-state index contributed by atoms with van der Waals surface area (Å²) in [6.07, 6.45) is 3.26. The Morgan fingerprint density at radius 2 is 2.25 bits per heavy atom. The standard InChI is InChI=1S/C14H21FN2O2S/c1-6-7-12(17-20(18)14(2,3)4)11-8-10(15)9-16-13(11)19-5/h6,8-9,12,17H,1,7H2,2-5H3/t12-,20+/m1/s1. The van der Waals surface area contributed by atoms with Gasteiger partial charge in [-0.3, -0.25) is 0 Å². The van der Waals surface area contributed by atoms with E-state index in [0.717, 1.165) is 6.20 Å². The minimum absolute atomic E-state index is 0.316. The molecule has 1 aromatic rings. The molecule has 1 rings (SSSR count). The molecule has 0 saturated carbocycles. The van der Waals surface area contributed by atoms with Gasteiger partial charge in [0.15, 0.2) is 0 Å². The van der Waals surface area contributed by atoms with Crippen LogP contribution in [-0.2, 0) is 11.4 Å². The highest BCUT2D eigenvalue weighted by Gasteiger charge is 2.30. The predicted molar refractivity (Wildman–Crippen MR) is 79.3 cm³/mol. The summed E-state index contributed by atoms with van der Waals surface area (Å²) in [4.78, 5) is 3.90. The van der Waals surface area contributed by atoms with Crippen LogP contribution in [0.2, 0.25) is 0 Å². The molecule has 1 aromatic heterocycles. The van der Waals surface area contributed by atoms with Crippen LogP contribution >= 0.6 is 0 Å². The minimum Gasteiger partial charge on any atom is -0.598 e. The van der Waals surface area contributed by atoms with Gasteiger partial charge in [-0.1, -0.05) is 6.08 Å². The van der Waals surface area contributed by atoms with E-state index in [1.165, 1.54) is 13.2 Å². The van der Waals surface area contributed by atoms with Crippen molar-refractivity contribution in [1.82, 2.24) is 9.71 Å². The highest BCUT2D eigenvalue weighted by molar-refractivity contribution is 7.90. The summed E-state index contributed by atoms with van der Waals surface area (Å²) >= 11 is -1.29. The van der Waals surface area contributed by atoms with Crippen LogP contribution < -0.4 is 9.46 Å². The molecule has 1 N–H and O–H groups in total. The smallest absolute Gasteiger partial charge is 0.218 e. The highest BCUT2D eigenvalue weighted by Crippen LogP contribution is 2.28. The van der Waals surface area contributed by atoms with E-state index in [0.29, 0.717) is 17.9 Å². The van der Waals surface area contributed by atoms with Gasteiger partial charge in [0.2, 0.25) is 5.88 Å². The van der Waals surface area contributed by atoms with Crippen molar-refractivity contribution in [2.75, 3.05) is 7.11 Å². The van der Waals surface area contributed by atoms with Crippen LogP contribution in [0.3, 0.4) is 0 Å². The molecule has 0 spiro atoms. The summed E-state index contributed by atoms with van der Waals surface area (Å²) in [6.45, 7) is 9.27. The fourth-order valence-corrected chi connectivity index (χ4v) is 2.41. The summed E-state index contributed by atoms with van der Waals surface area (Å²) in [5.74, 6) is -0.144.